The molecular formula is C12H21ClN6O. The van der Waals surface area contributed by atoms with Crippen LogP contribution in [-0.4, -0.2) is 39.5 Å². The Bertz CT molecular complexity index is 475. The normalized spacial score (nSPS) is 11.2. The first kappa shape index (κ1) is 16.4. The van der Waals surface area contributed by atoms with Crippen LogP contribution in [0.2, 0.25) is 5.28 Å². The number of rotatable bonds is 7. The molecule has 8 heteroatoms. The van der Waals surface area contributed by atoms with Crippen molar-refractivity contribution < 1.29 is 4.79 Å². The molecule has 0 bridgehead atoms. The first-order chi connectivity index (χ1) is 9.27. The zero-order chi connectivity index (χ0) is 15.3. The summed E-state index contributed by atoms with van der Waals surface area (Å²) in [6, 6.07) is 0. The van der Waals surface area contributed by atoms with Crippen LogP contribution < -0.4 is 16.0 Å². The van der Waals surface area contributed by atoms with Crippen molar-refractivity contribution in [3.05, 3.63) is 5.28 Å². The van der Waals surface area contributed by atoms with E-state index in [0.717, 1.165) is 13.1 Å². The summed E-state index contributed by atoms with van der Waals surface area (Å²) in [6.45, 7) is 9.22. The van der Waals surface area contributed by atoms with Gasteiger partial charge in [0.1, 0.15) is 0 Å². The lowest BCUT2D eigenvalue weighted by Gasteiger charge is -2.25. The molecule has 0 aromatic carbocycles. The summed E-state index contributed by atoms with van der Waals surface area (Å²) in [5.41, 5.74) is 4.66. The van der Waals surface area contributed by atoms with Gasteiger partial charge in [-0.25, -0.2) is 0 Å². The molecule has 0 aliphatic carbocycles. The third-order valence-electron chi connectivity index (χ3n) is 2.71. The van der Waals surface area contributed by atoms with Crippen LogP contribution in [0.4, 0.5) is 11.9 Å². The van der Waals surface area contributed by atoms with Crippen LogP contribution in [0.25, 0.3) is 0 Å². The standard InChI is InChI=1S/C12H21ClN6O/c1-5-19(6-2)11-16-9(13)15-10(17-11)18-12(3,4)7-8(14)20/h5-7H2,1-4H3,(H2,14,20)(H,15,16,17,18). The second-order valence-electron chi connectivity index (χ2n) is 5.05. The Morgan fingerprint density at radius 2 is 1.90 bits per heavy atom. The molecule has 1 aromatic rings. The molecule has 0 fully saturated rings. The van der Waals surface area contributed by atoms with E-state index >= 15 is 0 Å². The van der Waals surface area contributed by atoms with Gasteiger partial charge in [0.25, 0.3) is 0 Å². The van der Waals surface area contributed by atoms with Crippen molar-refractivity contribution in [1.82, 2.24) is 15.0 Å². The maximum absolute atomic E-state index is 11.0. The Hall–Kier alpha value is -1.63. The molecule has 7 nitrogen and oxygen atoms in total. The number of carbonyl (C=O) groups is 1. The number of amides is 1. The first-order valence-corrected chi connectivity index (χ1v) is 6.88. The zero-order valence-corrected chi connectivity index (χ0v) is 13.0. The third kappa shape index (κ3) is 4.80. The fourth-order valence-electron chi connectivity index (χ4n) is 1.83. The summed E-state index contributed by atoms with van der Waals surface area (Å²) in [4.78, 5) is 25.5. The van der Waals surface area contributed by atoms with Crippen LogP contribution in [0, 0.1) is 0 Å². The summed E-state index contributed by atoms with van der Waals surface area (Å²) in [6.07, 6.45) is 0.164. The fraction of sp³-hybridized carbons (Fsp3) is 0.667. The van der Waals surface area contributed by atoms with Crippen molar-refractivity contribution >= 4 is 29.4 Å². The van der Waals surface area contributed by atoms with E-state index in [1.807, 2.05) is 32.6 Å². The molecule has 0 aliphatic heterocycles. The first-order valence-electron chi connectivity index (χ1n) is 6.50. The SMILES string of the molecule is CCN(CC)c1nc(Cl)nc(NC(C)(C)CC(N)=O)n1. The second-order valence-corrected chi connectivity index (χ2v) is 5.39. The number of hydrogen-bond donors (Lipinski definition) is 2. The second kappa shape index (κ2) is 6.69. The fourth-order valence-corrected chi connectivity index (χ4v) is 1.98. The Balaban J connectivity index is 2.98. The number of nitrogens with one attached hydrogen (secondary N) is 1. The van der Waals surface area contributed by atoms with E-state index < -0.39 is 11.4 Å². The van der Waals surface area contributed by atoms with Gasteiger partial charge in [-0.2, -0.15) is 15.0 Å². The van der Waals surface area contributed by atoms with Crippen LogP contribution >= 0.6 is 11.6 Å². The molecule has 0 aliphatic rings. The molecule has 1 heterocycles. The zero-order valence-electron chi connectivity index (χ0n) is 12.3. The summed E-state index contributed by atoms with van der Waals surface area (Å²) in [5, 5.41) is 3.17. The molecule has 3 N–H and O–H groups in total. The lowest BCUT2D eigenvalue weighted by atomic mass is 10.0. The van der Waals surface area contributed by atoms with E-state index in [0.29, 0.717) is 11.9 Å². The predicted octanol–water partition coefficient (Wildman–Crippen LogP) is 1.44. The van der Waals surface area contributed by atoms with Crippen LogP contribution in [0.15, 0.2) is 0 Å². The van der Waals surface area contributed by atoms with Gasteiger partial charge >= 0.3 is 0 Å². The molecule has 0 radical (unpaired) electrons. The average Bonchev–Trinajstić information content (AvgIpc) is 2.26. The van der Waals surface area contributed by atoms with Gasteiger partial charge in [-0.1, -0.05) is 0 Å². The molecule has 0 unspecified atom stereocenters. The number of halogens is 1. The highest BCUT2D eigenvalue weighted by Crippen LogP contribution is 2.18. The minimum Gasteiger partial charge on any atom is -0.370 e. The Labute approximate surface area is 123 Å². The van der Waals surface area contributed by atoms with Crippen LogP contribution in [0.3, 0.4) is 0 Å². The van der Waals surface area contributed by atoms with E-state index in [4.69, 9.17) is 17.3 Å². The molecule has 0 atom stereocenters. The lowest BCUT2D eigenvalue weighted by Crippen LogP contribution is -2.37. The van der Waals surface area contributed by atoms with E-state index in [1.54, 1.807) is 0 Å². The van der Waals surface area contributed by atoms with Gasteiger partial charge in [0.15, 0.2) is 0 Å². The van der Waals surface area contributed by atoms with Crippen molar-refractivity contribution in [2.45, 2.75) is 39.7 Å². The summed E-state index contributed by atoms with van der Waals surface area (Å²) < 4.78 is 0. The van der Waals surface area contributed by atoms with Gasteiger partial charge in [0.05, 0.1) is 0 Å². The van der Waals surface area contributed by atoms with Crippen molar-refractivity contribution in [3.63, 3.8) is 0 Å². The van der Waals surface area contributed by atoms with E-state index in [2.05, 4.69) is 20.3 Å². The number of aromatic nitrogens is 3. The summed E-state index contributed by atoms with van der Waals surface area (Å²) in [7, 11) is 0. The molecular weight excluding hydrogens is 280 g/mol. The molecule has 20 heavy (non-hydrogen) atoms. The predicted molar refractivity (Wildman–Crippen MR) is 79.9 cm³/mol. The van der Waals surface area contributed by atoms with Gasteiger partial charge in [0.2, 0.25) is 23.1 Å². The number of carbonyl (C=O) groups excluding carboxylic acids is 1. The molecule has 112 valence electrons. The summed E-state index contributed by atoms with van der Waals surface area (Å²) in [5.74, 6) is 0.442. The van der Waals surface area contributed by atoms with Gasteiger partial charge in [-0.3, -0.25) is 4.79 Å². The maximum atomic E-state index is 11.0. The van der Waals surface area contributed by atoms with Crippen molar-refractivity contribution in [2.75, 3.05) is 23.3 Å². The minimum atomic E-state index is -0.558. The number of nitrogens with zero attached hydrogens (tertiary/aromatic N) is 4. The van der Waals surface area contributed by atoms with E-state index in [1.165, 1.54) is 0 Å². The van der Waals surface area contributed by atoms with Crippen LogP contribution in [0.1, 0.15) is 34.1 Å². The quantitative estimate of drug-likeness (QED) is 0.791. The Morgan fingerprint density at radius 3 is 2.40 bits per heavy atom. The maximum Gasteiger partial charge on any atom is 0.231 e. The van der Waals surface area contributed by atoms with Crippen LogP contribution in [0.5, 0.6) is 0 Å². The lowest BCUT2D eigenvalue weighted by molar-refractivity contribution is -0.118. The highest BCUT2D eigenvalue weighted by Gasteiger charge is 2.22. The Morgan fingerprint density at radius 1 is 1.30 bits per heavy atom. The molecule has 0 saturated carbocycles. The number of anilines is 2. The van der Waals surface area contributed by atoms with Gasteiger partial charge in [0, 0.05) is 25.0 Å². The molecule has 1 aromatic heterocycles. The average molecular weight is 301 g/mol. The highest BCUT2D eigenvalue weighted by molar-refractivity contribution is 6.28. The number of primary amides is 1. The smallest absolute Gasteiger partial charge is 0.231 e. The van der Waals surface area contributed by atoms with E-state index in [9.17, 15) is 4.79 Å². The third-order valence-corrected chi connectivity index (χ3v) is 2.88. The molecule has 1 rings (SSSR count). The monoisotopic (exact) mass is 300 g/mol. The molecule has 0 saturated heterocycles. The minimum absolute atomic E-state index is 0.110. The number of nitrogens with two attached hydrogens (primary N) is 1. The molecule has 1 amide bonds. The Kier molecular flexibility index (Phi) is 5.50. The van der Waals surface area contributed by atoms with Crippen molar-refractivity contribution in [3.8, 4) is 0 Å². The summed E-state index contributed by atoms with van der Waals surface area (Å²) >= 11 is 5.92. The highest BCUT2D eigenvalue weighted by atomic mass is 35.5. The van der Waals surface area contributed by atoms with Gasteiger partial charge in [-0.15, -0.1) is 0 Å². The van der Waals surface area contributed by atoms with Crippen molar-refractivity contribution in [2.24, 2.45) is 5.73 Å². The number of hydrogen-bond acceptors (Lipinski definition) is 6. The van der Waals surface area contributed by atoms with Gasteiger partial charge in [-0.05, 0) is 39.3 Å². The van der Waals surface area contributed by atoms with Crippen molar-refractivity contribution in [1.29, 1.82) is 0 Å². The van der Waals surface area contributed by atoms with Crippen LogP contribution in [-0.2, 0) is 4.79 Å². The molecule has 0 spiro atoms. The largest absolute Gasteiger partial charge is 0.370 e. The van der Waals surface area contributed by atoms with E-state index in [-0.39, 0.29) is 11.7 Å². The topological polar surface area (TPSA) is 97.0 Å². The van der Waals surface area contributed by atoms with Gasteiger partial charge < -0.3 is 16.0 Å².